The Hall–Kier alpha value is -0.830. The minimum Gasteiger partial charge on any atom is -0.433 e. The molecular formula is C29H56O3. The summed E-state index contributed by atoms with van der Waals surface area (Å²) in [6.45, 7) is 6.65. The Balaban J connectivity index is 4.29. The number of aliphatic hydroxyl groups is 1. The van der Waals surface area contributed by atoms with E-state index in [9.17, 15) is 9.90 Å². The molecule has 0 bridgehead atoms. The largest absolute Gasteiger partial charge is 0.433 e. The highest BCUT2D eigenvalue weighted by atomic mass is 16.6. The Morgan fingerprint density at radius 3 is 1.44 bits per heavy atom. The molecule has 0 aliphatic heterocycles. The van der Waals surface area contributed by atoms with Gasteiger partial charge in [-0.2, -0.15) is 0 Å². The number of aliphatic hydroxyl groups excluding tert-OH is 1. The molecule has 0 aliphatic carbocycles. The molecule has 1 atom stereocenters. The maximum atomic E-state index is 12.3. The third kappa shape index (κ3) is 22.4. The van der Waals surface area contributed by atoms with Crippen molar-refractivity contribution in [2.75, 3.05) is 0 Å². The molecule has 1 N–H and O–H groups in total. The molecule has 0 heterocycles. The molecule has 32 heavy (non-hydrogen) atoms. The number of allylic oxidation sites excluding steroid dienone is 1. The lowest BCUT2D eigenvalue weighted by atomic mass is 9.99. The van der Waals surface area contributed by atoms with Gasteiger partial charge in [-0.1, -0.05) is 129 Å². The Labute approximate surface area is 200 Å². The molecule has 190 valence electrons. The average molecular weight is 453 g/mol. The summed E-state index contributed by atoms with van der Waals surface area (Å²) in [6.07, 6.45) is 27.2. The maximum absolute atomic E-state index is 12.3. The first-order valence-electron chi connectivity index (χ1n) is 14.2. The van der Waals surface area contributed by atoms with Gasteiger partial charge in [0.05, 0.1) is 0 Å². The van der Waals surface area contributed by atoms with E-state index < -0.39 is 6.29 Å². The summed E-state index contributed by atoms with van der Waals surface area (Å²) in [7, 11) is 0. The normalized spacial score (nSPS) is 12.0. The number of hydrogen-bond donors (Lipinski definition) is 1. The first-order valence-corrected chi connectivity index (χ1v) is 14.2. The molecule has 0 aromatic rings. The summed E-state index contributed by atoms with van der Waals surface area (Å²) in [5, 5.41) is 9.96. The third-order valence-corrected chi connectivity index (χ3v) is 6.33. The van der Waals surface area contributed by atoms with Crippen molar-refractivity contribution in [3.8, 4) is 0 Å². The summed E-state index contributed by atoms with van der Waals surface area (Å²) in [6, 6.07) is 0. The van der Waals surface area contributed by atoms with Gasteiger partial charge in [0.2, 0.25) is 6.29 Å². The lowest BCUT2D eigenvalue weighted by Gasteiger charge is -2.12. The van der Waals surface area contributed by atoms with Gasteiger partial charge in [-0.05, 0) is 32.1 Å². The fourth-order valence-corrected chi connectivity index (χ4v) is 4.20. The summed E-state index contributed by atoms with van der Waals surface area (Å²) in [4.78, 5) is 12.3. The minimum atomic E-state index is -0.960. The van der Waals surface area contributed by atoms with Crippen LogP contribution in [0.1, 0.15) is 162 Å². The molecule has 1 unspecified atom stereocenters. The number of esters is 1. The van der Waals surface area contributed by atoms with E-state index in [1.807, 2.05) is 0 Å². The lowest BCUT2D eigenvalue weighted by Crippen LogP contribution is -2.16. The first-order chi connectivity index (χ1) is 15.6. The monoisotopic (exact) mass is 452 g/mol. The van der Waals surface area contributed by atoms with Gasteiger partial charge in [0.25, 0.3) is 0 Å². The SMILES string of the molecule is CCCCCCCCCCC(=CC(=O)OC(O)CCCCC)CCCCCCCCCC. The highest BCUT2D eigenvalue weighted by molar-refractivity contribution is 5.82. The molecule has 0 aromatic heterocycles. The Morgan fingerprint density at radius 2 is 1.00 bits per heavy atom. The predicted octanol–water partition coefficient (Wildman–Crippen LogP) is 9.42. The zero-order valence-electron chi connectivity index (χ0n) is 22.0. The van der Waals surface area contributed by atoms with Crippen LogP contribution in [0.15, 0.2) is 11.6 Å². The van der Waals surface area contributed by atoms with Gasteiger partial charge in [-0.15, -0.1) is 0 Å². The summed E-state index contributed by atoms with van der Waals surface area (Å²) in [5.41, 5.74) is 1.22. The molecule has 0 saturated heterocycles. The van der Waals surface area contributed by atoms with E-state index in [2.05, 4.69) is 20.8 Å². The Morgan fingerprint density at radius 1 is 0.625 bits per heavy atom. The van der Waals surface area contributed by atoms with Gasteiger partial charge in [-0.25, -0.2) is 4.79 Å². The number of unbranched alkanes of at least 4 members (excludes halogenated alkanes) is 16. The quantitative estimate of drug-likeness (QED) is 0.0686. The number of hydrogen-bond acceptors (Lipinski definition) is 3. The van der Waals surface area contributed by atoms with Crippen molar-refractivity contribution in [1.82, 2.24) is 0 Å². The van der Waals surface area contributed by atoms with Crippen molar-refractivity contribution in [2.24, 2.45) is 0 Å². The highest BCUT2D eigenvalue weighted by Crippen LogP contribution is 2.19. The summed E-state index contributed by atoms with van der Waals surface area (Å²) >= 11 is 0. The first kappa shape index (κ1) is 31.2. The fraction of sp³-hybridized carbons (Fsp3) is 0.897. The second kappa shape index (κ2) is 24.8. The van der Waals surface area contributed by atoms with Gasteiger partial charge < -0.3 is 9.84 Å². The van der Waals surface area contributed by atoms with Crippen molar-refractivity contribution in [2.45, 2.75) is 168 Å². The standard InChI is InChI=1S/C29H56O3/c1-4-7-10-12-14-16-18-21-23-27(24-22-19-17-15-13-11-8-5-2)26-29(31)32-28(30)25-20-9-6-3/h26,28,30H,4-25H2,1-3H3. The van der Waals surface area contributed by atoms with Crippen molar-refractivity contribution in [1.29, 1.82) is 0 Å². The lowest BCUT2D eigenvalue weighted by molar-refractivity contribution is -0.162. The van der Waals surface area contributed by atoms with E-state index >= 15 is 0 Å². The zero-order chi connectivity index (χ0) is 23.7. The van der Waals surface area contributed by atoms with Gasteiger partial charge in [-0.3, -0.25) is 0 Å². The van der Waals surface area contributed by atoms with Crippen LogP contribution in [0, 0.1) is 0 Å². The van der Waals surface area contributed by atoms with Gasteiger partial charge >= 0.3 is 5.97 Å². The van der Waals surface area contributed by atoms with Crippen LogP contribution in [-0.2, 0) is 9.53 Å². The van der Waals surface area contributed by atoms with Crippen LogP contribution in [0.2, 0.25) is 0 Å². The van der Waals surface area contributed by atoms with Crippen LogP contribution in [0.25, 0.3) is 0 Å². The number of carbonyl (C=O) groups excluding carboxylic acids is 1. The van der Waals surface area contributed by atoms with Crippen molar-refractivity contribution < 1.29 is 14.6 Å². The van der Waals surface area contributed by atoms with Crippen LogP contribution in [0.5, 0.6) is 0 Å². The fourth-order valence-electron chi connectivity index (χ4n) is 4.20. The molecule has 0 fully saturated rings. The number of ether oxygens (including phenoxy) is 1. The van der Waals surface area contributed by atoms with Crippen LogP contribution < -0.4 is 0 Å². The Kier molecular flexibility index (Phi) is 24.2. The molecule has 0 amide bonds. The van der Waals surface area contributed by atoms with E-state index in [1.165, 1.54) is 95.5 Å². The molecule has 0 aromatic carbocycles. The highest BCUT2D eigenvalue weighted by Gasteiger charge is 2.10. The number of carbonyl (C=O) groups is 1. The molecular weight excluding hydrogens is 396 g/mol. The molecule has 0 saturated carbocycles. The van der Waals surface area contributed by atoms with Gasteiger partial charge in [0.15, 0.2) is 0 Å². The number of rotatable bonds is 24. The molecule has 0 spiro atoms. The van der Waals surface area contributed by atoms with Crippen LogP contribution >= 0.6 is 0 Å². The van der Waals surface area contributed by atoms with Crippen LogP contribution in [0.4, 0.5) is 0 Å². The second-order valence-corrected chi connectivity index (χ2v) is 9.64. The zero-order valence-corrected chi connectivity index (χ0v) is 22.0. The second-order valence-electron chi connectivity index (χ2n) is 9.64. The van der Waals surface area contributed by atoms with E-state index in [1.54, 1.807) is 6.08 Å². The Bertz CT molecular complexity index is 408. The van der Waals surface area contributed by atoms with Crippen LogP contribution in [-0.4, -0.2) is 17.4 Å². The van der Waals surface area contributed by atoms with Crippen LogP contribution in [0.3, 0.4) is 0 Å². The summed E-state index contributed by atoms with van der Waals surface area (Å²) < 4.78 is 5.23. The van der Waals surface area contributed by atoms with Crippen molar-refractivity contribution in [3.05, 3.63) is 11.6 Å². The van der Waals surface area contributed by atoms with E-state index in [4.69, 9.17) is 4.74 Å². The molecule has 0 radical (unpaired) electrons. The van der Waals surface area contributed by atoms with Crippen molar-refractivity contribution >= 4 is 5.97 Å². The molecule has 0 aliphatic rings. The smallest absolute Gasteiger partial charge is 0.332 e. The molecule has 3 nitrogen and oxygen atoms in total. The molecule has 3 heteroatoms. The molecule has 0 rings (SSSR count). The summed E-state index contributed by atoms with van der Waals surface area (Å²) in [5.74, 6) is -0.358. The van der Waals surface area contributed by atoms with Crippen molar-refractivity contribution in [3.63, 3.8) is 0 Å². The van der Waals surface area contributed by atoms with E-state index in [0.717, 1.165) is 44.9 Å². The maximum Gasteiger partial charge on any atom is 0.332 e. The van der Waals surface area contributed by atoms with E-state index in [0.29, 0.717) is 6.42 Å². The topological polar surface area (TPSA) is 46.5 Å². The van der Waals surface area contributed by atoms with Gasteiger partial charge in [0, 0.05) is 12.5 Å². The van der Waals surface area contributed by atoms with E-state index in [-0.39, 0.29) is 5.97 Å². The predicted molar refractivity (Wildman–Crippen MR) is 139 cm³/mol. The third-order valence-electron chi connectivity index (χ3n) is 6.33. The van der Waals surface area contributed by atoms with Gasteiger partial charge in [0.1, 0.15) is 0 Å². The average Bonchev–Trinajstić information content (AvgIpc) is 2.77. The minimum absolute atomic E-state index is 0.358.